The lowest BCUT2D eigenvalue weighted by atomic mass is 10.00. The van der Waals surface area contributed by atoms with Crippen LogP contribution in [0.3, 0.4) is 0 Å². The monoisotopic (exact) mass is 1870 g/mol. The molecule has 0 unspecified atom stereocenters. The molecule has 4 atom stereocenters. The van der Waals surface area contributed by atoms with Crippen molar-refractivity contribution in [2.24, 2.45) is 5.92 Å². The van der Waals surface area contributed by atoms with Crippen LogP contribution in [-0.2, 0) is 90.1 Å². The number of carbonyl (C=O) groups excluding carboxylic acids is 4. The summed E-state index contributed by atoms with van der Waals surface area (Å²) in [5.74, 6) is -2.77. The van der Waals surface area contributed by atoms with Gasteiger partial charge in [-0.15, -0.1) is 0 Å². The van der Waals surface area contributed by atoms with Gasteiger partial charge >= 0.3 is 23.9 Å². The molecule has 138 heavy (non-hydrogen) atoms. The minimum absolute atomic E-state index is 0.0518. The van der Waals surface area contributed by atoms with Crippen LogP contribution in [0.4, 0.5) is 13.2 Å². The number of unbranched alkanes of at least 4 members (excludes halogenated alkanes) is 1. The lowest BCUT2D eigenvalue weighted by Gasteiger charge is -2.13. The maximum Gasteiger partial charge on any atom is 0.338 e. The van der Waals surface area contributed by atoms with E-state index in [1.54, 1.807) is 127 Å². The Morgan fingerprint density at radius 2 is 0.558 bits per heavy atom. The van der Waals surface area contributed by atoms with Crippen molar-refractivity contribution in [3.05, 3.63) is 398 Å². The van der Waals surface area contributed by atoms with Crippen molar-refractivity contribution >= 4 is 67.5 Å². The molecule has 0 bridgehead atoms. The van der Waals surface area contributed by atoms with Gasteiger partial charge in [0.1, 0.15) is 72.6 Å². The number of phenolic OH excluding ortho intramolecular Hbond substituents is 5. The van der Waals surface area contributed by atoms with Crippen molar-refractivity contribution in [2.75, 3.05) is 26.4 Å². The third-order valence-electron chi connectivity index (χ3n) is 23.9. The normalized spacial score (nSPS) is 12.2. The number of aliphatic hydroxyl groups is 4. The summed E-state index contributed by atoms with van der Waals surface area (Å²) in [6.45, 7) is 12.4. The smallest absolute Gasteiger partial charge is 0.338 e. The van der Waals surface area contributed by atoms with Gasteiger partial charge in [0.25, 0.3) is 0 Å². The second-order valence-electron chi connectivity index (χ2n) is 35.4. The Morgan fingerprint density at radius 1 is 0.304 bits per heavy atom. The molecule has 0 aliphatic rings. The topological polar surface area (TPSA) is 307 Å². The van der Waals surface area contributed by atoms with Gasteiger partial charge in [0, 0.05) is 111 Å². The number of carbonyl (C=O) groups is 4. The summed E-state index contributed by atoms with van der Waals surface area (Å²) in [5.41, 5.74) is 13.0. The van der Waals surface area contributed by atoms with E-state index in [1.807, 2.05) is 199 Å². The second kappa shape index (κ2) is 48.2. The Bertz CT molecular complexity index is 6720. The number of nitrogens with zero attached hydrogens (tertiary/aromatic N) is 4. The molecule has 16 rings (SSSR count). The quantitative estimate of drug-likeness (QED) is 0.0130. The van der Waals surface area contributed by atoms with Crippen LogP contribution >= 0.6 is 0 Å². The molecule has 0 amide bonds. The SMILES string of the molecule is CC(C)Cc1cc(O)c(Cn2cc(C[C@H](O)COC(=O)c3ccccc3)c3ccccc32)c(F)c1.CC(C)c1cc(O)c(Cn2cc(C[C@H](O)COC(=O)c3ccccc3)c3ccccc32)c(O)c1.CCCCc1cc(O)c(Cn2cc(C[C@H](O)COC(=O)c3ccccc3)c3ccccc32)c(F)c1.CCCc1cc(O)c(Cn2cc(C[C@H](O)COC(=O)c3ccccc3)c3ccccc32)c(F)c1. The molecule has 24 heteroatoms. The van der Waals surface area contributed by atoms with Crippen molar-refractivity contribution in [2.45, 2.75) is 162 Å². The van der Waals surface area contributed by atoms with Gasteiger partial charge in [-0.3, -0.25) is 0 Å². The minimum atomic E-state index is -0.901. The molecule has 0 aliphatic heterocycles. The summed E-state index contributed by atoms with van der Waals surface area (Å²) in [5, 5.41) is 98.6. The molecule has 0 fully saturated rings. The van der Waals surface area contributed by atoms with E-state index in [4.69, 9.17) is 18.9 Å². The maximum atomic E-state index is 14.9. The third kappa shape index (κ3) is 26.7. The summed E-state index contributed by atoms with van der Waals surface area (Å²) < 4.78 is 73.2. The number of phenols is 5. The maximum absolute atomic E-state index is 14.9. The van der Waals surface area contributed by atoms with Crippen LogP contribution in [-0.4, -0.2) is 139 Å². The van der Waals surface area contributed by atoms with Crippen LogP contribution in [0.15, 0.2) is 292 Å². The highest BCUT2D eigenvalue weighted by atomic mass is 19.1. The zero-order chi connectivity index (χ0) is 98.1. The number of aliphatic hydroxyl groups excluding tert-OH is 4. The number of halogens is 3. The fraction of sp³-hybridized carbons (Fsp3) is 0.263. The first kappa shape index (κ1) is 101. The van der Waals surface area contributed by atoms with Crippen LogP contribution in [0, 0.1) is 23.4 Å². The van der Waals surface area contributed by atoms with Gasteiger partial charge in [-0.1, -0.05) is 200 Å². The summed E-state index contributed by atoms with van der Waals surface area (Å²) in [6.07, 6.45) is 9.90. The molecule has 4 heterocycles. The van der Waals surface area contributed by atoms with E-state index in [-0.39, 0.29) is 123 Å². The first-order valence-electron chi connectivity index (χ1n) is 46.5. The first-order chi connectivity index (χ1) is 66.6. The van der Waals surface area contributed by atoms with Crippen LogP contribution in [0.25, 0.3) is 43.6 Å². The summed E-state index contributed by atoms with van der Waals surface area (Å²) in [6, 6.07) is 78.0. The fourth-order valence-electron chi connectivity index (χ4n) is 16.9. The molecule has 9 N–H and O–H groups in total. The molecule has 16 aromatic rings. The summed E-state index contributed by atoms with van der Waals surface area (Å²) in [4.78, 5) is 48.7. The van der Waals surface area contributed by atoms with Crippen LogP contribution in [0.2, 0.25) is 0 Å². The molecule has 12 aromatic carbocycles. The highest BCUT2D eigenvalue weighted by molar-refractivity contribution is 5.92. The Labute approximate surface area is 800 Å². The van der Waals surface area contributed by atoms with Gasteiger partial charge in [0.2, 0.25) is 0 Å². The first-order valence-corrected chi connectivity index (χ1v) is 46.5. The van der Waals surface area contributed by atoms with E-state index in [0.717, 1.165) is 114 Å². The molecule has 0 saturated heterocycles. The number of esters is 4. The second-order valence-corrected chi connectivity index (χ2v) is 35.4. The highest BCUT2D eigenvalue weighted by Crippen LogP contribution is 2.38. The van der Waals surface area contributed by atoms with Crippen molar-refractivity contribution < 1.29 is 97.3 Å². The molecule has 716 valence electrons. The number of aromatic nitrogens is 4. The van der Waals surface area contributed by atoms with Crippen LogP contribution in [0.5, 0.6) is 28.7 Å². The van der Waals surface area contributed by atoms with E-state index in [1.165, 1.54) is 18.2 Å². The average molecular weight is 1870 g/mol. The predicted molar refractivity (Wildman–Crippen MR) is 529 cm³/mol. The fourth-order valence-corrected chi connectivity index (χ4v) is 16.9. The highest BCUT2D eigenvalue weighted by Gasteiger charge is 2.26. The molecule has 0 spiro atoms. The van der Waals surface area contributed by atoms with Gasteiger partial charge < -0.3 is 83.2 Å². The molecule has 0 aliphatic carbocycles. The van der Waals surface area contributed by atoms with Gasteiger partial charge in [-0.25, -0.2) is 32.3 Å². The van der Waals surface area contributed by atoms with Crippen molar-refractivity contribution in [3.63, 3.8) is 0 Å². The summed E-state index contributed by atoms with van der Waals surface area (Å²) >= 11 is 0. The number of fused-ring (bicyclic) bond motifs is 4. The number of hydrogen-bond acceptors (Lipinski definition) is 17. The lowest BCUT2D eigenvalue weighted by molar-refractivity contribution is 0.0256. The Kier molecular flexibility index (Phi) is 35.2. The van der Waals surface area contributed by atoms with Crippen molar-refractivity contribution in [3.8, 4) is 28.7 Å². The van der Waals surface area contributed by atoms with Gasteiger partial charge in [0.15, 0.2) is 0 Å². The predicted octanol–water partition coefficient (Wildman–Crippen LogP) is 21.4. The van der Waals surface area contributed by atoms with E-state index >= 15 is 0 Å². The zero-order valence-corrected chi connectivity index (χ0v) is 78.1. The molecule has 0 radical (unpaired) electrons. The van der Waals surface area contributed by atoms with E-state index in [0.29, 0.717) is 53.0 Å². The van der Waals surface area contributed by atoms with E-state index < -0.39 is 65.7 Å². The Hall–Kier alpha value is -14.7. The third-order valence-corrected chi connectivity index (χ3v) is 23.9. The van der Waals surface area contributed by atoms with Gasteiger partial charge in [-0.05, 0) is 203 Å². The van der Waals surface area contributed by atoms with E-state index in [2.05, 4.69) is 6.92 Å². The standard InChI is InChI=1S/2C29H30FNO4.C28H28FNO4.C28H29NO5/c1-19(2)12-20-13-26(30)25(28(33)14-20)17-31-16-22(24-10-6-7-11-27(24)31)15-23(32)18-35-29(34)21-8-4-3-5-9-21;1-2-3-9-20-14-26(30)25(28(33)15-20)18-31-17-22(24-12-7-8-13-27(24)31)16-23(32)19-35-29(34)21-10-5-4-6-11-21;1-2-8-19-13-25(29)24(27(32)14-19)17-30-16-21(23-11-6-7-12-26(23)30)15-22(31)18-34-28(33)20-9-4-3-5-10-20;1-18(2)20-13-26(31)24(27(32)14-20)16-29-15-21(23-10-6-7-11-25(23)29)12-22(30)17-34-28(33)19-8-4-3-5-9-19/h3-11,13-14,16,19,23,32-33H,12,15,17-18H2,1-2H3;4-8,10-15,17,23,32-33H,2-3,9,16,18-19H2,1H3;3-7,9-14,16,22,31-32H,2,8,15,17-18H2,1H3;3-11,13-15,18,22,30-32H,12,16-17H2,1-2H3/t2*23-;2*22-/m0000/s1. The number of aromatic hydroxyl groups is 5. The number of hydrogen-bond donors (Lipinski definition) is 9. The van der Waals surface area contributed by atoms with Crippen LogP contribution in [0.1, 0.15) is 175 Å². The number of rotatable bonds is 36. The number of ether oxygens (including phenoxy) is 4. The molecule has 21 nitrogen and oxygen atoms in total. The van der Waals surface area contributed by atoms with Gasteiger partial charge in [0.05, 0.1) is 78.4 Å². The van der Waals surface area contributed by atoms with E-state index in [9.17, 15) is 78.3 Å². The van der Waals surface area contributed by atoms with Crippen molar-refractivity contribution in [1.82, 2.24) is 18.3 Å². The number of para-hydroxylation sites is 4. The Morgan fingerprint density at radius 3 is 0.826 bits per heavy atom. The van der Waals surface area contributed by atoms with Gasteiger partial charge in [-0.2, -0.15) is 0 Å². The average Bonchev–Trinajstić information content (AvgIpc) is 1.65. The molecular weight excluding hydrogens is 1750 g/mol. The zero-order valence-electron chi connectivity index (χ0n) is 78.1. The molecular formula is C114H117F3N4O17. The molecule has 0 saturated carbocycles. The summed E-state index contributed by atoms with van der Waals surface area (Å²) in [7, 11) is 0. The Balaban J connectivity index is 0.000000155. The minimum Gasteiger partial charge on any atom is -0.507 e. The molecule has 4 aromatic heterocycles. The number of benzene rings is 12. The number of aryl methyl sites for hydroxylation is 2. The van der Waals surface area contributed by atoms with Crippen LogP contribution < -0.4 is 0 Å². The lowest BCUT2D eigenvalue weighted by Crippen LogP contribution is -2.21. The largest absolute Gasteiger partial charge is 0.507 e. The van der Waals surface area contributed by atoms with Crippen molar-refractivity contribution in [1.29, 1.82) is 0 Å².